The van der Waals surface area contributed by atoms with E-state index in [0.29, 0.717) is 18.7 Å². The van der Waals surface area contributed by atoms with Gasteiger partial charge in [-0.15, -0.1) is 0 Å². The zero-order valence-corrected chi connectivity index (χ0v) is 9.06. The third-order valence-corrected chi connectivity index (χ3v) is 2.47. The SMILES string of the molecule is NNc1ccnc(C(=O)NC2CNC(=O)C2)c1. The molecule has 7 heteroatoms. The highest BCUT2D eigenvalue weighted by atomic mass is 16.2. The number of hydrazine groups is 1. The lowest BCUT2D eigenvalue weighted by molar-refractivity contribution is -0.119. The average Bonchev–Trinajstić information content (AvgIpc) is 2.75. The lowest BCUT2D eigenvalue weighted by Gasteiger charge is -2.10. The molecule has 90 valence electrons. The summed E-state index contributed by atoms with van der Waals surface area (Å²) in [6, 6.07) is 3.02. The van der Waals surface area contributed by atoms with Crippen molar-refractivity contribution >= 4 is 17.5 Å². The fraction of sp³-hybridized carbons (Fsp3) is 0.300. The van der Waals surface area contributed by atoms with E-state index in [1.165, 1.54) is 6.20 Å². The van der Waals surface area contributed by atoms with Gasteiger partial charge in [0.1, 0.15) is 5.69 Å². The Morgan fingerprint density at radius 2 is 2.41 bits per heavy atom. The van der Waals surface area contributed by atoms with Crippen molar-refractivity contribution in [1.29, 1.82) is 0 Å². The van der Waals surface area contributed by atoms with E-state index in [2.05, 4.69) is 21.0 Å². The monoisotopic (exact) mass is 235 g/mol. The van der Waals surface area contributed by atoms with Crippen molar-refractivity contribution in [3.8, 4) is 0 Å². The fourth-order valence-corrected chi connectivity index (χ4v) is 1.61. The number of pyridine rings is 1. The summed E-state index contributed by atoms with van der Waals surface area (Å²) in [6.45, 7) is 0.458. The molecule has 0 saturated carbocycles. The quantitative estimate of drug-likeness (QED) is 0.396. The van der Waals surface area contributed by atoms with E-state index in [-0.39, 0.29) is 23.6 Å². The predicted molar refractivity (Wildman–Crippen MR) is 60.9 cm³/mol. The van der Waals surface area contributed by atoms with Crippen molar-refractivity contribution in [2.24, 2.45) is 5.84 Å². The van der Waals surface area contributed by atoms with E-state index < -0.39 is 0 Å². The number of aromatic nitrogens is 1. The summed E-state index contributed by atoms with van der Waals surface area (Å²) in [5.74, 6) is 4.87. The number of carbonyl (C=O) groups excluding carboxylic acids is 2. The molecule has 1 aliphatic heterocycles. The largest absolute Gasteiger partial charge is 0.354 e. The molecule has 0 aliphatic carbocycles. The first-order valence-electron chi connectivity index (χ1n) is 5.19. The molecular weight excluding hydrogens is 222 g/mol. The Labute approximate surface area is 97.8 Å². The lowest BCUT2D eigenvalue weighted by Crippen LogP contribution is -2.36. The van der Waals surface area contributed by atoms with Gasteiger partial charge < -0.3 is 16.1 Å². The normalized spacial score (nSPS) is 18.6. The Morgan fingerprint density at radius 1 is 1.59 bits per heavy atom. The van der Waals surface area contributed by atoms with Crippen LogP contribution in [0, 0.1) is 0 Å². The Hall–Kier alpha value is -2.15. The fourth-order valence-electron chi connectivity index (χ4n) is 1.61. The van der Waals surface area contributed by atoms with E-state index in [1.54, 1.807) is 12.1 Å². The number of nitrogens with zero attached hydrogens (tertiary/aromatic N) is 1. The van der Waals surface area contributed by atoms with Crippen molar-refractivity contribution < 1.29 is 9.59 Å². The summed E-state index contributed by atoms with van der Waals surface area (Å²) in [6.07, 6.45) is 1.79. The summed E-state index contributed by atoms with van der Waals surface area (Å²) in [4.78, 5) is 26.7. The molecule has 5 N–H and O–H groups in total. The van der Waals surface area contributed by atoms with Crippen molar-refractivity contribution in [2.75, 3.05) is 12.0 Å². The molecule has 0 radical (unpaired) electrons. The molecule has 1 unspecified atom stereocenters. The molecule has 2 heterocycles. The molecule has 7 nitrogen and oxygen atoms in total. The van der Waals surface area contributed by atoms with Gasteiger partial charge in [0.25, 0.3) is 5.91 Å². The second kappa shape index (κ2) is 4.79. The zero-order chi connectivity index (χ0) is 12.3. The maximum Gasteiger partial charge on any atom is 0.270 e. The first-order chi connectivity index (χ1) is 8.19. The van der Waals surface area contributed by atoms with Gasteiger partial charge in [0.2, 0.25) is 5.91 Å². The number of rotatable bonds is 3. The van der Waals surface area contributed by atoms with Crippen molar-refractivity contribution in [3.05, 3.63) is 24.0 Å². The van der Waals surface area contributed by atoms with E-state index >= 15 is 0 Å². The number of carbonyl (C=O) groups is 2. The number of nitrogens with two attached hydrogens (primary N) is 1. The Balaban J connectivity index is 2.01. The van der Waals surface area contributed by atoms with Crippen molar-refractivity contribution in [2.45, 2.75) is 12.5 Å². The molecule has 0 bridgehead atoms. The van der Waals surface area contributed by atoms with Crippen LogP contribution in [0.2, 0.25) is 0 Å². The molecule has 2 amide bonds. The second-order valence-corrected chi connectivity index (χ2v) is 3.75. The van der Waals surface area contributed by atoms with Gasteiger partial charge >= 0.3 is 0 Å². The van der Waals surface area contributed by atoms with Crippen LogP contribution in [0.25, 0.3) is 0 Å². The Kier molecular flexibility index (Phi) is 3.20. The minimum absolute atomic E-state index is 0.0550. The molecular formula is C10H13N5O2. The number of nitrogens with one attached hydrogen (secondary N) is 3. The molecule has 1 fully saturated rings. The number of hydrogen-bond acceptors (Lipinski definition) is 5. The van der Waals surface area contributed by atoms with Crippen LogP contribution in [0.15, 0.2) is 18.3 Å². The number of nitrogen functional groups attached to an aromatic ring is 1. The maximum absolute atomic E-state index is 11.8. The smallest absolute Gasteiger partial charge is 0.270 e. The van der Waals surface area contributed by atoms with E-state index in [4.69, 9.17) is 5.84 Å². The summed E-state index contributed by atoms with van der Waals surface area (Å²) in [5.41, 5.74) is 3.30. The molecule has 0 spiro atoms. The summed E-state index contributed by atoms with van der Waals surface area (Å²) >= 11 is 0. The third kappa shape index (κ3) is 2.70. The molecule has 1 atom stereocenters. The van der Waals surface area contributed by atoms with Crippen LogP contribution in [0.4, 0.5) is 5.69 Å². The van der Waals surface area contributed by atoms with Crippen molar-refractivity contribution in [3.63, 3.8) is 0 Å². The zero-order valence-electron chi connectivity index (χ0n) is 9.06. The highest BCUT2D eigenvalue weighted by molar-refractivity contribution is 5.94. The second-order valence-electron chi connectivity index (χ2n) is 3.75. The van der Waals surface area contributed by atoms with Crippen molar-refractivity contribution in [1.82, 2.24) is 15.6 Å². The van der Waals surface area contributed by atoms with Crippen LogP contribution >= 0.6 is 0 Å². The summed E-state index contributed by atoms with van der Waals surface area (Å²) in [7, 11) is 0. The lowest BCUT2D eigenvalue weighted by atomic mass is 10.2. The van der Waals surface area contributed by atoms with Gasteiger partial charge in [-0.1, -0.05) is 0 Å². The topological polar surface area (TPSA) is 109 Å². The highest BCUT2D eigenvalue weighted by Gasteiger charge is 2.23. The van der Waals surface area contributed by atoms with Gasteiger partial charge in [0.15, 0.2) is 0 Å². The Morgan fingerprint density at radius 3 is 3.06 bits per heavy atom. The Bertz CT molecular complexity index is 448. The van der Waals surface area contributed by atoms with E-state index in [1.807, 2.05) is 0 Å². The van der Waals surface area contributed by atoms with Crippen LogP contribution in [-0.2, 0) is 4.79 Å². The maximum atomic E-state index is 11.8. The van der Waals surface area contributed by atoms with Crippen LogP contribution in [0.3, 0.4) is 0 Å². The number of anilines is 1. The average molecular weight is 235 g/mol. The van der Waals surface area contributed by atoms with Gasteiger partial charge in [0.05, 0.1) is 11.7 Å². The molecule has 17 heavy (non-hydrogen) atoms. The molecule has 2 rings (SSSR count). The molecule has 1 aromatic rings. The van der Waals surface area contributed by atoms with Crippen LogP contribution in [0.1, 0.15) is 16.9 Å². The minimum atomic E-state index is -0.316. The van der Waals surface area contributed by atoms with Crippen LogP contribution in [0.5, 0.6) is 0 Å². The van der Waals surface area contributed by atoms with Gasteiger partial charge in [-0.05, 0) is 12.1 Å². The molecule has 1 saturated heterocycles. The van der Waals surface area contributed by atoms with E-state index in [9.17, 15) is 9.59 Å². The third-order valence-electron chi connectivity index (χ3n) is 2.47. The highest BCUT2D eigenvalue weighted by Crippen LogP contribution is 2.07. The first-order valence-corrected chi connectivity index (χ1v) is 5.19. The van der Waals surface area contributed by atoms with Gasteiger partial charge in [-0.2, -0.15) is 0 Å². The van der Waals surface area contributed by atoms with Gasteiger partial charge in [0, 0.05) is 19.2 Å². The van der Waals surface area contributed by atoms with Gasteiger partial charge in [-0.25, -0.2) is 0 Å². The molecule has 1 aliphatic rings. The summed E-state index contributed by atoms with van der Waals surface area (Å²) < 4.78 is 0. The van der Waals surface area contributed by atoms with Crippen LogP contribution in [-0.4, -0.2) is 29.4 Å². The number of hydrogen-bond donors (Lipinski definition) is 4. The van der Waals surface area contributed by atoms with Gasteiger partial charge in [-0.3, -0.25) is 20.4 Å². The minimum Gasteiger partial charge on any atom is -0.354 e. The first kappa shape index (κ1) is 11.3. The van der Waals surface area contributed by atoms with Crippen LogP contribution < -0.4 is 21.9 Å². The summed E-state index contributed by atoms with van der Waals surface area (Å²) in [5, 5.41) is 5.37. The number of amides is 2. The molecule has 0 aromatic carbocycles. The standard InChI is InChI=1S/C10H13N5O2/c11-15-6-1-2-12-8(3-6)10(17)14-7-4-9(16)13-5-7/h1-3,7H,4-5,11H2,(H,12,15)(H,13,16)(H,14,17). The predicted octanol–water partition coefficient (Wildman–Crippen LogP) is -1.01. The van der Waals surface area contributed by atoms with E-state index in [0.717, 1.165) is 0 Å². The molecule has 1 aromatic heterocycles.